The van der Waals surface area contributed by atoms with Crippen LogP contribution in [0.2, 0.25) is 0 Å². The van der Waals surface area contributed by atoms with Crippen LogP contribution in [0.1, 0.15) is 16.7 Å². The number of methoxy groups -OCH3 is 3. The number of aliphatic imine (C=N–C) groups is 1. The Kier molecular flexibility index (Phi) is 9.11. The number of hydrogen-bond acceptors (Lipinski definition) is 5. The summed E-state index contributed by atoms with van der Waals surface area (Å²) in [5, 5.41) is 6.64. The summed E-state index contributed by atoms with van der Waals surface area (Å²) in [6, 6.07) is 11.9. The van der Waals surface area contributed by atoms with Gasteiger partial charge in [0.1, 0.15) is 23.9 Å². The molecule has 2 N–H and O–H groups in total. The zero-order chi connectivity index (χ0) is 21.1. The Balaban J connectivity index is 1.98. The number of guanidine groups is 1. The van der Waals surface area contributed by atoms with Crippen LogP contribution in [-0.4, -0.2) is 47.6 Å². The lowest BCUT2D eigenvalue weighted by Crippen LogP contribution is -2.36. The summed E-state index contributed by atoms with van der Waals surface area (Å²) < 4.78 is 21.6. The van der Waals surface area contributed by atoms with E-state index in [9.17, 15) is 0 Å². The molecule has 0 atom stereocenters. The van der Waals surface area contributed by atoms with E-state index in [4.69, 9.17) is 18.9 Å². The maximum atomic E-state index is 5.85. The molecule has 158 valence electrons. The fraction of sp³-hybridized carbons (Fsp3) is 0.409. The third kappa shape index (κ3) is 6.87. The third-order valence-corrected chi connectivity index (χ3v) is 4.38. The maximum Gasteiger partial charge on any atom is 0.191 e. The first-order valence-corrected chi connectivity index (χ1v) is 9.48. The van der Waals surface area contributed by atoms with E-state index < -0.39 is 0 Å². The van der Waals surface area contributed by atoms with Crippen LogP contribution in [0.4, 0.5) is 0 Å². The van der Waals surface area contributed by atoms with Crippen LogP contribution in [-0.2, 0) is 17.8 Å². The lowest BCUT2D eigenvalue weighted by Gasteiger charge is -2.16. The summed E-state index contributed by atoms with van der Waals surface area (Å²) in [5.74, 6) is 3.06. The predicted molar refractivity (Wildman–Crippen MR) is 115 cm³/mol. The van der Waals surface area contributed by atoms with Crippen LogP contribution in [0.3, 0.4) is 0 Å². The molecule has 0 aliphatic rings. The van der Waals surface area contributed by atoms with Gasteiger partial charge in [0, 0.05) is 44.4 Å². The van der Waals surface area contributed by atoms with Crippen molar-refractivity contribution in [3.05, 3.63) is 53.1 Å². The minimum Gasteiger partial charge on any atom is -0.497 e. The standard InChI is InChI=1S/C22H31N3O4/c1-16-6-7-18(21(12-16)29-11-10-26-3)15-25-22(23-2)24-14-17-8-9-19(27-4)13-20(17)28-5/h6-9,12-13H,10-11,14-15H2,1-5H3,(H2,23,24,25). The average molecular weight is 402 g/mol. The van der Waals surface area contributed by atoms with Gasteiger partial charge < -0.3 is 29.6 Å². The van der Waals surface area contributed by atoms with E-state index in [1.165, 1.54) is 0 Å². The van der Waals surface area contributed by atoms with Gasteiger partial charge in [-0.2, -0.15) is 0 Å². The van der Waals surface area contributed by atoms with Gasteiger partial charge >= 0.3 is 0 Å². The van der Waals surface area contributed by atoms with Gasteiger partial charge in [-0.15, -0.1) is 0 Å². The van der Waals surface area contributed by atoms with Crippen molar-refractivity contribution in [2.24, 2.45) is 4.99 Å². The van der Waals surface area contributed by atoms with Crippen molar-refractivity contribution in [1.29, 1.82) is 0 Å². The van der Waals surface area contributed by atoms with E-state index in [0.717, 1.165) is 33.9 Å². The fourth-order valence-electron chi connectivity index (χ4n) is 2.75. The normalized spacial score (nSPS) is 11.1. The van der Waals surface area contributed by atoms with Gasteiger partial charge in [0.25, 0.3) is 0 Å². The molecule has 2 aromatic carbocycles. The second-order valence-electron chi connectivity index (χ2n) is 6.41. The summed E-state index contributed by atoms with van der Waals surface area (Å²) in [6.07, 6.45) is 0. The fourth-order valence-corrected chi connectivity index (χ4v) is 2.75. The van der Waals surface area contributed by atoms with Gasteiger partial charge in [-0.1, -0.05) is 12.1 Å². The number of aryl methyl sites for hydroxylation is 1. The molecule has 2 aromatic rings. The Morgan fingerprint density at radius 2 is 1.55 bits per heavy atom. The van der Waals surface area contributed by atoms with Crippen LogP contribution in [0.5, 0.6) is 17.2 Å². The van der Waals surface area contributed by atoms with Crippen molar-refractivity contribution in [2.45, 2.75) is 20.0 Å². The van der Waals surface area contributed by atoms with Crippen LogP contribution in [0.25, 0.3) is 0 Å². The molecule has 7 heteroatoms. The van der Waals surface area contributed by atoms with Crippen molar-refractivity contribution in [3.8, 4) is 17.2 Å². The average Bonchev–Trinajstić information content (AvgIpc) is 2.75. The highest BCUT2D eigenvalue weighted by Crippen LogP contribution is 2.24. The quantitative estimate of drug-likeness (QED) is 0.362. The van der Waals surface area contributed by atoms with Crippen molar-refractivity contribution in [2.75, 3.05) is 41.6 Å². The molecule has 0 unspecified atom stereocenters. The van der Waals surface area contributed by atoms with E-state index in [0.29, 0.717) is 32.3 Å². The molecule has 0 aliphatic carbocycles. The first kappa shape index (κ1) is 22.4. The number of nitrogens with one attached hydrogen (secondary N) is 2. The molecule has 0 heterocycles. The smallest absolute Gasteiger partial charge is 0.191 e. The molecule has 0 aromatic heterocycles. The minimum absolute atomic E-state index is 0.511. The van der Waals surface area contributed by atoms with Crippen LogP contribution >= 0.6 is 0 Å². The Morgan fingerprint density at radius 3 is 2.17 bits per heavy atom. The number of ether oxygens (including phenoxy) is 4. The summed E-state index contributed by atoms with van der Waals surface area (Å²) in [5.41, 5.74) is 3.21. The highest BCUT2D eigenvalue weighted by Gasteiger charge is 2.08. The number of hydrogen-bond donors (Lipinski definition) is 2. The van der Waals surface area contributed by atoms with Gasteiger partial charge in [0.2, 0.25) is 0 Å². The zero-order valence-corrected chi connectivity index (χ0v) is 17.9. The highest BCUT2D eigenvalue weighted by atomic mass is 16.5. The largest absolute Gasteiger partial charge is 0.497 e. The summed E-state index contributed by atoms with van der Waals surface area (Å²) in [6.45, 7) is 4.26. The summed E-state index contributed by atoms with van der Waals surface area (Å²) in [7, 11) is 6.69. The molecular weight excluding hydrogens is 370 g/mol. The Morgan fingerprint density at radius 1 is 0.862 bits per heavy atom. The van der Waals surface area contributed by atoms with E-state index in [-0.39, 0.29) is 0 Å². The second kappa shape index (κ2) is 11.8. The maximum absolute atomic E-state index is 5.85. The predicted octanol–water partition coefficient (Wildman–Crippen LogP) is 2.90. The summed E-state index contributed by atoms with van der Waals surface area (Å²) >= 11 is 0. The molecule has 0 bridgehead atoms. The van der Waals surface area contributed by atoms with Crippen LogP contribution in [0, 0.1) is 6.92 Å². The van der Waals surface area contributed by atoms with Gasteiger partial charge in [0.15, 0.2) is 5.96 Å². The van der Waals surface area contributed by atoms with Crippen LogP contribution in [0.15, 0.2) is 41.4 Å². The molecule has 0 fully saturated rings. The molecule has 0 radical (unpaired) electrons. The Hall–Kier alpha value is -2.93. The molecule has 2 rings (SSSR count). The molecule has 0 spiro atoms. The topological polar surface area (TPSA) is 73.3 Å². The van der Waals surface area contributed by atoms with Crippen LogP contribution < -0.4 is 24.8 Å². The number of nitrogens with zero attached hydrogens (tertiary/aromatic N) is 1. The van der Waals surface area contributed by atoms with E-state index in [1.807, 2.05) is 31.2 Å². The summed E-state index contributed by atoms with van der Waals surface area (Å²) in [4.78, 5) is 4.30. The second-order valence-corrected chi connectivity index (χ2v) is 6.41. The monoisotopic (exact) mass is 401 g/mol. The lowest BCUT2D eigenvalue weighted by atomic mass is 10.1. The van der Waals surface area contributed by atoms with Gasteiger partial charge in [-0.3, -0.25) is 4.99 Å². The van der Waals surface area contributed by atoms with Crippen molar-refractivity contribution in [3.63, 3.8) is 0 Å². The zero-order valence-electron chi connectivity index (χ0n) is 17.9. The SMILES string of the molecule is CN=C(NCc1ccc(OC)cc1OC)NCc1ccc(C)cc1OCCOC. The third-order valence-electron chi connectivity index (χ3n) is 4.38. The molecule has 0 aliphatic heterocycles. The molecular formula is C22H31N3O4. The van der Waals surface area contributed by atoms with Crippen molar-refractivity contribution in [1.82, 2.24) is 10.6 Å². The molecule has 0 saturated heterocycles. The first-order valence-electron chi connectivity index (χ1n) is 9.48. The Labute approximate surface area is 173 Å². The highest BCUT2D eigenvalue weighted by molar-refractivity contribution is 5.79. The molecule has 7 nitrogen and oxygen atoms in total. The molecule has 0 saturated carbocycles. The molecule has 29 heavy (non-hydrogen) atoms. The van der Waals surface area contributed by atoms with E-state index >= 15 is 0 Å². The van der Waals surface area contributed by atoms with Crippen molar-refractivity contribution >= 4 is 5.96 Å². The van der Waals surface area contributed by atoms with Gasteiger partial charge in [-0.05, 0) is 30.7 Å². The number of benzene rings is 2. The minimum atomic E-state index is 0.511. The van der Waals surface area contributed by atoms with E-state index in [1.54, 1.807) is 28.4 Å². The van der Waals surface area contributed by atoms with Gasteiger partial charge in [-0.25, -0.2) is 0 Å². The number of rotatable bonds is 10. The first-order chi connectivity index (χ1) is 14.1. The Bertz CT molecular complexity index is 809. The lowest BCUT2D eigenvalue weighted by molar-refractivity contribution is 0.145. The molecule has 0 amide bonds. The van der Waals surface area contributed by atoms with Gasteiger partial charge in [0.05, 0.1) is 20.8 Å². The van der Waals surface area contributed by atoms with Crippen molar-refractivity contribution < 1.29 is 18.9 Å². The van der Waals surface area contributed by atoms with E-state index in [2.05, 4.69) is 27.8 Å².